The lowest BCUT2D eigenvalue weighted by molar-refractivity contribution is -0.135. The molecule has 0 aliphatic carbocycles. The number of Topliss-reactive ketones (excluding diaryl/α,β-unsaturated/α-hetero) is 1. The van der Waals surface area contributed by atoms with E-state index in [2.05, 4.69) is 31.9 Å². The Morgan fingerprint density at radius 3 is 2.40 bits per heavy atom. The van der Waals surface area contributed by atoms with E-state index in [1.54, 1.807) is 41.3 Å². The van der Waals surface area contributed by atoms with E-state index in [0.29, 0.717) is 23.4 Å². The van der Waals surface area contributed by atoms with Crippen LogP contribution in [0.2, 0.25) is 0 Å². The highest BCUT2D eigenvalue weighted by atomic mass is 79.9. The van der Waals surface area contributed by atoms with Crippen molar-refractivity contribution in [1.29, 1.82) is 0 Å². The van der Waals surface area contributed by atoms with Crippen LogP contribution in [0.5, 0.6) is 0 Å². The molecule has 1 amide bonds. The predicted octanol–water partition coefficient (Wildman–Crippen LogP) is 4.43. The third-order valence-corrected chi connectivity index (χ3v) is 5.35. The summed E-state index contributed by atoms with van der Waals surface area (Å²) in [5.74, 6) is -0.708. The molecular weight excluding hydrogens is 450 g/mol. The van der Waals surface area contributed by atoms with E-state index in [0.717, 1.165) is 15.4 Å². The zero-order valence-electron chi connectivity index (χ0n) is 13.6. The summed E-state index contributed by atoms with van der Waals surface area (Å²) in [6.07, 6.45) is 0.481. The fourth-order valence-corrected chi connectivity index (χ4v) is 3.73. The van der Waals surface area contributed by atoms with Crippen molar-refractivity contribution in [3.63, 3.8) is 0 Å². The van der Waals surface area contributed by atoms with E-state index in [4.69, 9.17) is 0 Å². The van der Waals surface area contributed by atoms with Crippen LogP contribution in [0.3, 0.4) is 0 Å². The molecule has 0 radical (unpaired) electrons. The second kappa shape index (κ2) is 7.02. The van der Waals surface area contributed by atoms with Gasteiger partial charge in [-0.3, -0.25) is 9.59 Å². The van der Waals surface area contributed by atoms with Gasteiger partial charge in [-0.05, 0) is 36.8 Å². The molecule has 3 rings (SSSR count). The molecule has 25 heavy (non-hydrogen) atoms. The molecule has 1 heterocycles. The first kappa shape index (κ1) is 18.3. The number of carbonyl (C=O) groups is 2. The number of amides is 1. The minimum Gasteiger partial charge on any atom is -0.375 e. The summed E-state index contributed by atoms with van der Waals surface area (Å²) in [6, 6.07) is 12.2. The van der Waals surface area contributed by atoms with Crippen molar-refractivity contribution < 1.29 is 14.7 Å². The average molecular weight is 467 g/mol. The molecule has 0 spiro atoms. The van der Waals surface area contributed by atoms with Crippen LogP contribution < -0.4 is 4.90 Å². The first-order valence-electron chi connectivity index (χ1n) is 8.00. The molecule has 0 bridgehead atoms. The minimum absolute atomic E-state index is 0.271. The van der Waals surface area contributed by atoms with Crippen LogP contribution in [0, 0.1) is 0 Å². The third-order valence-electron chi connectivity index (χ3n) is 4.32. The van der Waals surface area contributed by atoms with E-state index in [1.807, 2.05) is 13.0 Å². The zero-order chi connectivity index (χ0) is 18.2. The number of rotatable bonds is 5. The number of nitrogens with zero attached hydrogens (tertiary/aromatic N) is 1. The number of hydrogen-bond donors (Lipinski definition) is 1. The maximum atomic E-state index is 12.9. The van der Waals surface area contributed by atoms with Crippen molar-refractivity contribution >= 4 is 49.2 Å². The van der Waals surface area contributed by atoms with Crippen molar-refractivity contribution in [2.24, 2.45) is 0 Å². The third kappa shape index (κ3) is 3.30. The van der Waals surface area contributed by atoms with Gasteiger partial charge >= 0.3 is 0 Å². The second-order valence-electron chi connectivity index (χ2n) is 6.09. The number of hydrogen-bond acceptors (Lipinski definition) is 3. The monoisotopic (exact) mass is 465 g/mol. The zero-order valence-corrected chi connectivity index (χ0v) is 16.8. The Morgan fingerprint density at radius 1 is 1.12 bits per heavy atom. The van der Waals surface area contributed by atoms with Crippen molar-refractivity contribution in [2.75, 3.05) is 11.4 Å². The summed E-state index contributed by atoms with van der Waals surface area (Å²) < 4.78 is 1.62. The lowest BCUT2D eigenvalue weighted by Crippen LogP contribution is -2.42. The van der Waals surface area contributed by atoms with Gasteiger partial charge in [-0.2, -0.15) is 0 Å². The molecule has 0 saturated heterocycles. The van der Waals surface area contributed by atoms with E-state index >= 15 is 0 Å². The van der Waals surface area contributed by atoms with Gasteiger partial charge in [0, 0.05) is 26.6 Å². The van der Waals surface area contributed by atoms with Gasteiger partial charge in [-0.1, -0.05) is 50.9 Å². The minimum atomic E-state index is -1.83. The van der Waals surface area contributed by atoms with Crippen LogP contribution in [0.25, 0.3) is 0 Å². The topological polar surface area (TPSA) is 57.6 Å². The van der Waals surface area contributed by atoms with Crippen LogP contribution in [0.15, 0.2) is 51.4 Å². The Hall–Kier alpha value is -1.50. The Morgan fingerprint density at radius 2 is 1.76 bits per heavy atom. The number of anilines is 1. The molecule has 0 unspecified atom stereocenters. The highest BCUT2D eigenvalue weighted by Gasteiger charge is 2.50. The number of carbonyl (C=O) groups excluding carboxylic acids is 2. The molecule has 130 valence electrons. The fraction of sp³-hybridized carbons (Fsp3) is 0.263. The highest BCUT2D eigenvalue weighted by Crippen LogP contribution is 2.44. The Kier molecular flexibility index (Phi) is 5.14. The van der Waals surface area contributed by atoms with Crippen LogP contribution in [0.4, 0.5) is 5.69 Å². The Bertz CT molecular complexity index is 835. The summed E-state index contributed by atoms with van der Waals surface area (Å²) >= 11 is 6.71. The molecule has 2 aromatic rings. The summed E-state index contributed by atoms with van der Waals surface area (Å²) in [7, 11) is 0. The van der Waals surface area contributed by atoms with E-state index in [1.165, 1.54) is 0 Å². The molecule has 4 nitrogen and oxygen atoms in total. The Balaban J connectivity index is 1.99. The number of aliphatic hydroxyl groups is 1. The fourth-order valence-electron chi connectivity index (χ4n) is 3.11. The van der Waals surface area contributed by atoms with Crippen molar-refractivity contribution in [3.8, 4) is 0 Å². The van der Waals surface area contributed by atoms with Gasteiger partial charge in [0.25, 0.3) is 5.91 Å². The lowest BCUT2D eigenvalue weighted by Gasteiger charge is -2.22. The molecule has 6 heteroatoms. The van der Waals surface area contributed by atoms with E-state index in [9.17, 15) is 14.7 Å². The Labute approximate surface area is 163 Å². The lowest BCUT2D eigenvalue weighted by atomic mass is 9.88. The van der Waals surface area contributed by atoms with Gasteiger partial charge in [-0.25, -0.2) is 0 Å². The largest absolute Gasteiger partial charge is 0.375 e. The van der Waals surface area contributed by atoms with Crippen LogP contribution in [-0.4, -0.2) is 23.3 Å². The molecule has 0 saturated carbocycles. The van der Waals surface area contributed by atoms with E-state index in [-0.39, 0.29) is 12.2 Å². The number of benzene rings is 2. The second-order valence-corrected chi connectivity index (χ2v) is 7.92. The van der Waals surface area contributed by atoms with Gasteiger partial charge in [0.1, 0.15) is 0 Å². The average Bonchev–Trinajstić information content (AvgIpc) is 2.77. The molecule has 1 aliphatic heterocycles. The van der Waals surface area contributed by atoms with Crippen molar-refractivity contribution in [2.45, 2.75) is 25.4 Å². The maximum Gasteiger partial charge on any atom is 0.264 e. The van der Waals surface area contributed by atoms with Crippen molar-refractivity contribution in [1.82, 2.24) is 0 Å². The number of fused-ring (bicyclic) bond motifs is 1. The summed E-state index contributed by atoms with van der Waals surface area (Å²) in [5, 5.41) is 11.2. The van der Waals surface area contributed by atoms with Gasteiger partial charge in [-0.15, -0.1) is 0 Å². The number of ketones is 1. The SMILES string of the molecule is CCCN1C(=O)[C@](O)(CC(=O)c2ccc(Br)cc2)c2cc(Br)ccc21. The molecule has 2 aromatic carbocycles. The first-order valence-corrected chi connectivity index (χ1v) is 9.58. The molecule has 1 atom stereocenters. The molecular formula is C19H17Br2NO3. The highest BCUT2D eigenvalue weighted by molar-refractivity contribution is 9.10. The van der Waals surface area contributed by atoms with Gasteiger partial charge in [0.2, 0.25) is 0 Å². The first-order chi connectivity index (χ1) is 11.9. The van der Waals surface area contributed by atoms with Gasteiger partial charge in [0.15, 0.2) is 11.4 Å². The normalized spacial score (nSPS) is 19.2. The van der Waals surface area contributed by atoms with Gasteiger partial charge in [0.05, 0.1) is 12.1 Å². The summed E-state index contributed by atoms with van der Waals surface area (Å²) in [5.41, 5.74) is -0.222. The molecule has 1 aliphatic rings. The maximum absolute atomic E-state index is 12.9. The number of halogens is 2. The summed E-state index contributed by atoms with van der Waals surface area (Å²) in [4.78, 5) is 27.1. The smallest absolute Gasteiger partial charge is 0.264 e. The molecule has 0 aromatic heterocycles. The van der Waals surface area contributed by atoms with Gasteiger partial charge < -0.3 is 10.0 Å². The quantitative estimate of drug-likeness (QED) is 0.663. The summed E-state index contributed by atoms with van der Waals surface area (Å²) in [6.45, 7) is 2.47. The van der Waals surface area contributed by atoms with E-state index < -0.39 is 11.5 Å². The van der Waals surface area contributed by atoms with Crippen LogP contribution in [-0.2, 0) is 10.4 Å². The molecule has 0 fully saturated rings. The van der Waals surface area contributed by atoms with Crippen molar-refractivity contribution in [3.05, 3.63) is 62.5 Å². The van der Waals surface area contributed by atoms with Crippen LogP contribution in [0.1, 0.15) is 35.7 Å². The predicted molar refractivity (Wildman–Crippen MR) is 104 cm³/mol. The van der Waals surface area contributed by atoms with Crippen LogP contribution >= 0.6 is 31.9 Å². The standard InChI is InChI=1S/C19H17Br2NO3/c1-2-9-22-16-8-7-14(21)10-15(16)19(25,18(22)24)11-17(23)12-3-5-13(20)6-4-12/h3-8,10,25H,2,9,11H2,1H3/t19-/m0/s1. The molecule has 1 N–H and O–H groups in total.